The highest BCUT2D eigenvalue weighted by molar-refractivity contribution is 7.87. The molecule has 0 aliphatic heterocycles. The SMILES string of the molecule is O=C(O)OS(=O)(=O)C(F)F. The summed E-state index contributed by atoms with van der Waals surface area (Å²) in [4.78, 5) is 9.38. The number of hydrogen-bond acceptors (Lipinski definition) is 4. The van der Waals surface area contributed by atoms with Crippen LogP contribution in [0.1, 0.15) is 0 Å². The van der Waals surface area contributed by atoms with E-state index in [-0.39, 0.29) is 0 Å². The quantitative estimate of drug-likeness (QED) is 0.609. The molecule has 0 spiro atoms. The second kappa shape index (κ2) is 2.78. The Morgan fingerprint density at radius 3 is 2.00 bits per heavy atom. The van der Waals surface area contributed by atoms with Crippen LogP contribution in [-0.4, -0.2) is 25.4 Å². The first-order chi connectivity index (χ1) is 4.36. The smallest absolute Gasteiger partial charge is 0.449 e. The second-order valence-corrected chi connectivity index (χ2v) is 2.61. The van der Waals surface area contributed by atoms with Crippen LogP contribution in [0.2, 0.25) is 0 Å². The van der Waals surface area contributed by atoms with Crippen LogP contribution >= 0.6 is 0 Å². The Hall–Kier alpha value is -0.920. The molecule has 0 aliphatic rings. The average molecular weight is 176 g/mol. The van der Waals surface area contributed by atoms with Gasteiger partial charge in [0.25, 0.3) is 0 Å². The number of hydrogen-bond donors (Lipinski definition) is 1. The minimum absolute atomic E-state index is 2.28. The number of rotatable bonds is 2. The van der Waals surface area contributed by atoms with E-state index in [0.29, 0.717) is 0 Å². The van der Waals surface area contributed by atoms with Crippen LogP contribution in [-0.2, 0) is 14.3 Å². The molecule has 0 rings (SSSR count). The fraction of sp³-hybridized carbons (Fsp3) is 0.500. The molecular weight excluding hydrogens is 174 g/mol. The molecular formula is C2H2F2O5S. The summed E-state index contributed by atoms with van der Waals surface area (Å²) in [6.45, 7) is 0. The van der Waals surface area contributed by atoms with Crippen LogP contribution in [0.25, 0.3) is 0 Å². The molecule has 0 radical (unpaired) electrons. The lowest BCUT2D eigenvalue weighted by Crippen LogP contribution is -2.17. The zero-order chi connectivity index (χ0) is 8.36. The molecule has 5 nitrogen and oxygen atoms in total. The fourth-order valence-electron chi connectivity index (χ4n) is 0.136. The molecule has 8 heteroatoms. The van der Waals surface area contributed by atoms with E-state index in [2.05, 4.69) is 4.18 Å². The molecule has 60 valence electrons. The summed E-state index contributed by atoms with van der Waals surface area (Å²) >= 11 is 0. The summed E-state index contributed by atoms with van der Waals surface area (Å²) in [7, 11) is -5.23. The number of carbonyl (C=O) groups is 1. The maximum atomic E-state index is 11.2. The molecule has 0 aliphatic carbocycles. The van der Waals surface area contributed by atoms with Crippen molar-refractivity contribution in [2.45, 2.75) is 5.76 Å². The van der Waals surface area contributed by atoms with E-state index in [9.17, 15) is 22.0 Å². The van der Waals surface area contributed by atoms with Gasteiger partial charge in [0.15, 0.2) is 0 Å². The maximum absolute atomic E-state index is 11.2. The van der Waals surface area contributed by atoms with Crippen molar-refractivity contribution in [1.82, 2.24) is 0 Å². The van der Waals surface area contributed by atoms with Crippen LogP contribution in [0.5, 0.6) is 0 Å². The highest BCUT2D eigenvalue weighted by Gasteiger charge is 2.28. The third kappa shape index (κ3) is 2.58. The maximum Gasteiger partial charge on any atom is 0.521 e. The highest BCUT2D eigenvalue weighted by atomic mass is 32.2. The molecule has 0 atom stereocenters. The van der Waals surface area contributed by atoms with Crippen molar-refractivity contribution in [3.8, 4) is 0 Å². The Kier molecular flexibility index (Phi) is 2.52. The standard InChI is InChI=1S/C2H2F2O5S/c3-1(4)10(7,8)9-2(5)6/h1H,(H,5,6). The number of halogens is 2. The highest BCUT2D eigenvalue weighted by Crippen LogP contribution is 2.06. The number of carboxylic acid groups (broad SMARTS) is 1. The first-order valence-electron chi connectivity index (χ1n) is 1.80. The summed E-state index contributed by atoms with van der Waals surface area (Å²) in [6, 6.07) is 0. The van der Waals surface area contributed by atoms with Crippen molar-refractivity contribution in [2.75, 3.05) is 0 Å². The van der Waals surface area contributed by atoms with Crippen molar-refractivity contribution in [3.63, 3.8) is 0 Å². The molecule has 1 N–H and O–H groups in total. The predicted molar refractivity (Wildman–Crippen MR) is 24.0 cm³/mol. The van der Waals surface area contributed by atoms with Crippen LogP contribution in [0.3, 0.4) is 0 Å². The molecule has 0 aromatic heterocycles. The van der Waals surface area contributed by atoms with Gasteiger partial charge >= 0.3 is 22.0 Å². The Bertz CT molecular complexity index is 218. The molecule has 0 saturated heterocycles. The summed E-state index contributed by atoms with van der Waals surface area (Å²) in [5.41, 5.74) is 0. The van der Waals surface area contributed by atoms with Crippen molar-refractivity contribution in [1.29, 1.82) is 0 Å². The Labute approximate surface area is 54.3 Å². The lowest BCUT2D eigenvalue weighted by Gasteiger charge is -1.97. The molecule has 10 heavy (non-hydrogen) atoms. The number of alkyl halides is 2. The van der Waals surface area contributed by atoms with E-state index >= 15 is 0 Å². The van der Waals surface area contributed by atoms with Crippen molar-refractivity contribution >= 4 is 16.3 Å². The molecule has 0 aromatic rings. The molecule has 0 aromatic carbocycles. The van der Waals surface area contributed by atoms with Crippen LogP contribution in [0.4, 0.5) is 13.6 Å². The molecule has 0 saturated carbocycles. The third-order valence-corrected chi connectivity index (χ3v) is 1.22. The van der Waals surface area contributed by atoms with E-state index in [1.54, 1.807) is 0 Å². The van der Waals surface area contributed by atoms with E-state index in [1.165, 1.54) is 0 Å². The largest absolute Gasteiger partial charge is 0.521 e. The zero-order valence-corrected chi connectivity index (χ0v) is 5.14. The van der Waals surface area contributed by atoms with Crippen LogP contribution < -0.4 is 0 Å². The van der Waals surface area contributed by atoms with Crippen LogP contribution in [0.15, 0.2) is 0 Å². The van der Waals surface area contributed by atoms with Gasteiger partial charge in [-0.3, -0.25) is 0 Å². The molecule has 0 heterocycles. The van der Waals surface area contributed by atoms with Gasteiger partial charge in [0.1, 0.15) is 0 Å². The van der Waals surface area contributed by atoms with E-state index in [1.807, 2.05) is 0 Å². The summed E-state index contributed by atoms with van der Waals surface area (Å²) in [5.74, 6) is -3.83. The third-order valence-electron chi connectivity index (χ3n) is 0.406. The van der Waals surface area contributed by atoms with Gasteiger partial charge in [0.2, 0.25) is 0 Å². The van der Waals surface area contributed by atoms with Gasteiger partial charge in [-0.25, -0.2) is 4.79 Å². The van der Waals surface area contributed by atoms with Crippen molar-refractivity contribution in [2.24, 2.45) is 0 Å². The predicted octanol–water partition coefficient (Wildman–Crippen LogP) is 0.233. The van der Waals surface area contributed by atoms with Crippen molar-refractivity contribution < 1.29 is 31.3 Å². The zero-order valence-electron chi connectivity index (χ0n) is 4.32. The lowest BCUT2D eigenvalue weighted by atomic mass is 11.5. The van der Waals surface area contributed by atoms with Crippen molar-refractivity contribution in [3.05, 3.63) is 0 Å². The van der Waals surface area contributed by atoms with Gasteiger partial charge in [-0.05, 0) is 0 Å². The summed E-state index contributed by atoms with van der Waals surface area (Å²) in [5, 5.41) is 7.56. The molecule has 0 fully saturated rings. The topological polar surface area (TPSA) is 80.7 Å². The minimum Gasteiger partial charge on any atom is -0.449 e. The van der Waals surface area contributed by atoms with Gasteiger partial charge in [-0.15, -0.1) is 0 Å². The Balaban J connectivity index is 4.31. The van der Waals surface area contributed by atoms with Gasteiger partial charge in [-0.2, -0.15) is 17.2 Å². The van der Waals surface area contributed by atoms with Gasteiger partial charge in [0.05, 0.1) is 0 Å². The van der Waals surface area contributed by atoms with Gasteiger partial charge in [-0.1, -0.05) is 0 Å². The minimum atomic E-state index is -5.23. The van der Waals surface area contributed by atoms with E-state index < -0.39 is 22.0 Å². The second-order valence-electron chi connectivity index (χ2n) is 1.10. The van der Waals surface area contributed by atoms with E-state index in [0.717, 1.165) is 0 Å². The first kappa shape index (κ1) is 9.08. The molecule has 0 bridgehead atoms. The normalized spacial score (nSPS) is 11.5. The van der Waals surface area contributed by atoms with Crippen LogP contribution in [0, 0.1) is 0 Å². The fourth-order valence-corrected chi connectivity index (χ4v) is 0.407. The first-order valence-corrected chi connectivity index (χ1v) is 3.28. The Morgan fingerprint density at radius 1 is 1.50 bits per heavy atom. The van der Waals surface area contributed by atoms with Gasteiger partial charge < -0.3 is 9.29 Å². The summed E-state index contributed by atoms with van der Waals surface area (Å²) in [6.07, 6.45) is -2.28. The Morgan fingerprint density at radius 2 is 1.90 bits per heavy atom. The lowest BCUT2D eigenvalue weighted by molar-refractivity contribution is 0.136. The monoisotopic (exact) mass is 176 g/mol. The average Bonchev–Trinajstić information content (AvgIpc) is 1.60. The van der Waals surface area contributed by atoms with E-state index in [4.69, 9.17) is 5.11 Å². The summed E-state index contributed by atoms with van der Waals surface area (Å²) < 4.78 is 44.8. The van der Waals surface area contributed by atoms with Gasteiger partial charge in [0, 0.05) is 0 Å². The molecule has 0 unspecified atom stereocenters. The molecule has 0 amide bonds.